The predicted octanol–water partition coefficient (Wildman–Crippen LogP) is 3.45. The molecule has 23 heavy (non-hydrogen) atoms. The maximum Gasteiger partial charge on any atom is 0.255 e. The number of fused-ring (bicyclic) bond motifs is 1. The Morgan fingerprint density at radius 2 is 1.96 bits per heavy atom. The van der Waals surface area contributed by atoms with Crippen LogP contribution in [0.2, 0.25) is 0 Å². The van der Waals surface area contributed by atoms with Crippen LogP contribution in [0.4, 0.5) is 5.69 Å². The lowest BCUT2D eigenvalue weighted by Crippen LogP contribution is -2.12. The average molecular weight is 309 g/mol. The minimum absolute atomic E-state index is 0.148. The van der Waals surface area contributed by atoms with Crippen molar-refractivity contribution >= 4 is 22.5 Å². The molecule has 1 aromatic heterocycles. The Labute approximate surface area is 134 Å². The Balaban J connectivity index is 1.93. The fraction of sp³-hybridized carbons (Fsp3) is 0.222. The number of ether oxygens (including phenoxy) is 1. The summed E-state index contributed by atoms with van der Waals surface area (Å²) in [4.78, 5) is 12.5. The fourth-order valence-corrected chi connectivity index (χ4v) is 2.62. The minimum Gasteiger partial charge on any atom is -0.481 e. The van der Waals surface area contributed by atoms with Gasteiger partial charge in [0.1, 0.15) is 0 Å². The molecular formula is C18H19N3O2. The molecule has 1 N–H and O–H groups in total. The summed E-state index contributed by atoms with van der Waals surface area (Å²) in [6, 6.07) is 11.4. The predicted molar refractivity (Wildman–Crippen MR) is 91.1 cm³/mol. The van der Waals surface area contributed by atoms with Crippen LogP contribution in [0.5, 0.6) is 5.88 Å². The molecule has 0 saturated carbocycles. The van der Waals surface area contributed by atoms with E-state index < -0.39 is 0 Å². The first kappa shape index (κ1) is 15.1. The first-order valence-corrected chi connectivity index (χ1v) is 7.39. The van der Waals surface area contributed by atoms with Crippen LogP contribution >= 0.6 is 0 Å². The second-order valence-corrected chi connectivity index (χ2v) is 5.64. The number of nitrogens with one attached hydrogen (secondary N) is 1. The van der Waals surface area contributed by atoms with Crippen LogP contribution < -0.4 is 10.1 Å². The van der Waals surface area contributed by atoms with Crippen LogP contribution in [0.1, 0.15) is 21.5 Å². The zero-order valence-corrected chi connectivity index (χ0v) is 13.7. The average Bonchev–Trinajstić information content (AvgIpc) is 2.84. The topological polar surface area (TPSA) is 56.1 Å². The molecule has 0 bridgehead atoms. The van der Waals surface area contributed by atoms with Crippen LogP contribution in [0.25, 0.3) is 10.9 Å². The van der Waals surface area contributed by atoms with Gasteiger partial charge in [0, 0.05) is 18.3 Å². The molecule has 0 spiro atoms. The van der Waals surface area contributed by atoms with Crippen molar-refractivity contribution in [3.63, 3.8) is 0 Å². The van der Waals surface area contributed by atoms with E-state index >= 15 is 0 Å². The number of benzene rings is 2. The number of hydrogen-bond donors (Lipinski definition) is 1. The number of hydrogen-bond acceptors (Lipinski definition) is 3. The van der Waals surface area contributed by atoms with E-state index in [2.05, 4.69) is 10.4 Å². The fourth-order valence-electron chi connectivity index (χ4n) is 2.62. The molecule has 118 valence electrons. The van der Waals surface area contributed by atoms with Gasteiger partial charge in [-0.2, -0.15) is 5.10 Å². The standard InChI is InChI=1S/C18H19N3O2/c1-11-5-6-12(2)15(9-11)19-17(22)13-7-8-14-16(10-13)20-21(3)18(14)23-4/h5-10H,1-4H3,(H,19,22). The molecule has 0 atom stereocenters. The van der Waals surface area contributed by atoms with Crippen LogP contribution in [-0.4, -0.2) is 22.8 Å². The van der Waals surface area contributed by atoms with Gasteiger partial charge in [-0.25, -0.2) is 4.68 Å². The van der Waals surface area contributed by atoms with Crippen molar-refractivity contribution < 1.29 is 9.53 Å². The van der Waals surface area contributed by atoms with Gasteiger partial charge in [0.15, 0.2) is 0 Å². The lowest BCUT2D eigenvalue weighted by atomic mass is 10.1. The third-order valence-corrected chi connectivity index (χ3v) is 3.88. The van der Waals surface area contributed by atoms with Gasteiger partial charge in [0.25, 0.3) is 5.91 Å². The molecule has 1 heterocycles. The molecule has 0 radical (unpaired) electrons. The molecule has 3 rings (SSSR count). The van der Waals surface area contributed by atoms with Crippen molar-refractivity contribution in [1.82, 2.24) is 9.78 Å². The summed E-state index contributed by atoms with van der Waals surface area (Å²) in [6.45, 7) is 3.98. The minimum atomic E-state index is -0.148. The summed E-state index contributed by atoms with van der Waals surface area (Å²) in [5.41, 5.74) is 4.27. The normalized spacial score (nSPS) is 10.8. The number of carbonyl (C=O) groups is 1. The van der Waals surface area contributed by atoms with Gasteiger partial charge in [0.2, 0.25) is 5.88 Å². The first-order chi connectivity index (χ1) is 11.0. The summed E-state index contributed by atoms with van der Waals surface area (Å²) in [5, 5.41) is 8.23. The van der Waals surface area contributed by atoms with Crippen molar-refractivity contribution in [2.45, 2.75) is 13.8 Å². The van der Waals surface area contributed by atoms with Crippen LogP contribution in [0.3, 0.4) is 0 Å². The zero-order valence-electron chi connectivity index (χ0n) is 13.7. The summed E-state index contributed by atoms with van der Waals surface area (Å²) in [6.07, 6.45) is 0. The number of carbonyl (C=O) groups excluding carboxylic acids is 1. The first-order valence-electron chi connectivity index (χ1n) is 7.39. The quantitative estimate of drug-likeness (QED) is 0.806. The molecule has 2 aromatic carbocycles. The molecular weight excluding hydrogens is 290 g/mol. The number of anilines is 1. The van der Waals surface area contributed by atoms with Crippen molar-refractivity contribution in [1.29, 1.82) is 0 Å². The summed E-state index contributed by atoms with van der Waals surface area (Å²) >= 11 is 0. The zero-order chi connectivity index (χ0) is 16.6. The highest BCUT2D eigenvalue weighted by Crippen LogP contribution is 2.26. The van der Waals surface area contributed by atoms with E-state index in [0.29, 0.717) is 11.4 Å². The SMILES string of the molecule is COc1c2ccc(C(=O)Nc3cc(C)ccc3C)cc2nn1C. The lowest BCUT2D eigenvalue weighted by Gasteiger charge is -2.09. The second-order valence-electron chi connectivity index (χ2n) is 5.64. The van der Waals surface area contributed by atoms with Gasteiger partial charge in [-0.3, -0.25) is 4.79 Å². The van der Waals surface area contributed by atoms with E-state index in [1.807, 2.05) is 45.2 Å². The van der Waals surface area contributed by atoms with Crippen molar-refractivity contribution in [2.24, 2.45) is 7.05 Å². The molecule has 0 aliphatic carbocycles. The van der Waals surface area contributed by atoms with Crippen LogP contribution in [-0.2, 0) is 7.05 Å². The van der Waals surface area contributed by atoms with E-state index in [9.17, 15) is 4.79 Å². The Morgan fingerprint density at radius 1 is 1.17 bits per heavy atom. The largest absolute Gasteiger partial charge is 0.481 e. The Morgan fingerprint density at radius 3 is 2.70 bits per heavy atom. The van der Waals surface area contributed by atoms with Crippen molar-refractivity contribution in [2.75, 3.05) is 12.4 Å². The Hall–Kier alpha value is -2.82. The molecule has 0 fully saturated rings. The van der Waals surface area contributed by atoms with Crippen LogP contribution in [0, 0.1) is 13.8 Å². The molecule has 1 amide bonds. The Bertz CT molecular complexity index is 897. The number of amides is 1. The number of rotatable bonds is 3. The van der Waals surface area contributed by atoms with E-state index in [4.69, 9.17) is 4.74 Å². The van der Waals surface area contributed by atoms with Crippen LogP contribution in [0.15, 0.2) is 36.4 Å². The van der Waals surface area contributed by atoms with E-state index in [-0.39, 0.29) is 5.91 Å². The number of aromatic nitrogens is 2. The third kappa shape index (κ3) is 2.77. The third-order valence-electron chi connectivity index (χ3n) is 3.88. The smallest absolute Gasteiger partial charge is 0.255 e. The highest BCUT2D eigenvalue weighted by Gasteiger charge is 2.13. The van der Waals surface area contributed by atoms with Gasteiger partial charge >= 0.3 is 0 Å². The molecule has 0 unspecified atom stereocenters. The highest BCUT2D eigenvalue weighted by molar-refractivity contribution is 6.06. The summed E-state index contributed by atoms with van der Waals surface area (Å²) in [7, 11) is 3.42. The van der Waals surface area contributed by atoms with Gasteiger partial charge in [-0.15, -0.1) is 0 Å². The number of methoxy groups -OCH3 is 1. The molecule has 0 aliphatic rings. The van der Waals surface area contributed by atoms with Gasteiger partial charge in [-0.05, 0) is 49.2 Å². The Kier molecular flexibility index (Phi) is 3.78. The molecule has 0 saturated heterocycles. The summed E-state index contributed by atoms with van der Waals surface area (Å²) < 4.78 is 6.99. The number of aryl methyl sites for hydroxylation is 3. The molecule has 0 aliphatic heterocycles. The maximum absolute atomic E-state index is 12.5. The number of nitrogens with zero attached hydrogens (tertiary/aromatic N) is 2. The van der Waals surface area contributed by atoms with Crippen molar-refractivity contribution in [3.8, 4) is 5.88 Å². The molecule has 5 nitrogen and oxygen atoms in total. The van der Waals surface area contributed by atoms with E-state index in [0.717, 1.165) is 27.7 Å². The second kappa shape index (κ2) is 5.76. The highest BCUT2D eigenvalue weighted by atomic mass is 16.5. The van der Waals surface area contributed by atoms with Gasteiger partial charge in [0.05, 0.1) is 18.0 Å². The summed E-state index contributed by atoms with van der Waals surface area (Å²) in [5.74, 6) is 0.534. The van der Waals surface area contributed by atoms with Crippen molar-refractivity contribution in [3.05, 3.63) is 53.1 Å². The van der Waals surface area contributed by atoms with E-state index in [1.54, 1.807) is 23.9 Å². The monoisotopic (exact) mass is 309 g/mol. The lowest BCUT2D eigenvalue weighted by molar-refractivity contribution is 0.102. The van der Waals surface area contributed by atoms with Gasteiger partial charge in [-0.1, -0.05) is 12.1 Å². The van der Waals surface area contributed by atoms with E-state index in [1.165, 1.54) is 0 Å². The van der Waals surface area contributed by atoms with Gasteiger partial charge < -0.3 is 10.1 Å². The molecule has 5 heteroatoms. The maximum atomic E-state index is 12.5. The molecule has 3 aromatic rings.